The van der Waals surface area contributed by atoms with E-state index in [9.17, 15) is 14.4 Å². The highest BCUT2D eigenvalue weighted by atomic mass is 35.5. The Bertz CT molecular complexity index is 563. The van der Waals surface area contributed by atoms with Crippen molar-refractivity contribution in [3.8, 4) is 0 Å². The number of primary amides is 1. The van der Waals surface area contributed by atoms with Crippen LogP contribution >= 0.6 is 23.2 Å². The molecule has 0 aliphatic rings. The molecular formula is C13H14Cl2N2O4. The zero-order valence-electron chi connectivity index (χ0n) is 10.9. The molecule has 0 aromatic heterocycles. The molecule has 0 saturated heterocycles. The Morgan fingerprint density at radius 1 is 1.29 bits per heavy atom. The maximum Gasteiger partial charge on any atom is 0.326 e. The topological polar surface area (TPSA) is 109 Å². The summed E-state index contributed by atoms with van der Waals surface area (Å²) in [6, 6.07) is 3.49. The Kier molecular flexibility index (Phi) is 6.45. The minimum atomic E-state index is -1.23. The number of benzene rings is 1. The van der Waals surface area contributed by atoms with E-state index in [2.05, 4.69) is 5.32 Å². The van der Waals surface area contributed by atoms with Gasteiger partial charge in [0.2, 0.25) is 11.8 Å². The fourth-order valence-corrected chi connectivity index (χ4v) is 2.10. The van der Waals surface area contributed by atoms with Crippen molar-refractivity contribution in [2.24, 2.45) is 5.73 Å². The van der Waals surface area contributed by atoms with Gasteiger partial charge in [0.1, 0.15) is 6.04 Å². The molecule has 8 heteroatoms. The van der Waals surface area contributed by atoms with Crippen molar-refractivity contribution in [2.45, 2.75) is 25.3 Å². The molecule has 0 heterocycles. The van der Waals surface area contributed by atoms with Gasteiger partial charge in [-0.25, -0.2) is 4.79 Å². The van der Waals surface area contributed by atoms with Crippen LogP contribution in [0.2, 0.25) is 10.0 Å². The second-order valence-electron chi connectivity index (χ2n) is 4.38. The molecule has 1 aromatic rings. The number of aliphatic carboxylic acids is 1. The van der Waals surface area contributed by atoms with Gasteiger partial charge >= 0.3 is 5.97 Å². The van der Waals surface area contributed by atoms with Crippen molar-refractivity contribution >= 4 is 41.0 Å². The Morgan fingerprint density at radius 3 is 2.48 bits per heavy atom. The van der Waals surface area contributed by atoms with Crippen LogP contribution in [0.5, 0.6) is 0 Å². The summed E-state index contributed by atoms with van der Waals surface area (Å²) in [5, 5.41) is 12.1. The predicted molar refractivity (Wildman–Crippen MR) is 78.2 cm³/mol. The highest BCUT2D eigenvalue weighted by molar-refractivity contribution is 6.35. The van der Waals surface area contributed by atoms with Gasteiger partial charge in [-0.2, -0.15) is 0 Å². The van der Waals surface area contributed by atoms with Crippen LogP contribution < -0.4 is 11.1 Å². The summed E-state index contributed by atoms with van der Waals surface area (Å²) in [5.74, 6) is -2.38. The van der Waals surface area contributed by atoms with Crippen molar-refractivity contribution in [1.29, 1.82) is 0 Å². The zero-order valence-corrected chi connectivity index (χ0v) is 12.4. The SMILES string of the molecule is NC(=O)CC[C@H](NC(=O)Cc1ccc(Cl)cc1Cl)C(=O)O. The van der Waals surface area contributed by atoms with E-state index in [4.69, 9.17) is 34.0 Å². The third kappa shape index (κ3) is 6.01. The second kappa shape index (κ2) is 7.85. The first-order chi connectivity index (χ1) is 9.79. The number of carboxylic acid groups (broad SMARTS) is 1. The minimum Gasteiger partial charge on any atom is -0.480 e. The molecule has 0 spiro atoms. The van der Waals surface area contributed by atoms with Crippen molar-refractivity contribution in [3.63, 3.8) is 0 Å². The molecule has 0 aliphatic heterocycles. The molecule has 2 amide bonds. The molecule has 1 aromatic carbocycles. The van der Waals surface area contributed by atoms with Gasteiger partial charge in [0, 0.05) is 16.5 Å². The molecular weight excluding hydrogens is 319 g/mol. The van der Waals surface area contributed by atoms with Crippen molar-refractivity contribution < 1.29 is 19.5 Å². The molecule has 0 bridgehead atoms. The summed E-state index contributed by atoms with van der Waals surface area (Å²) in [7, 11) is 0. The van der Waals surface area contributed by atoms with Gasteiger partial charge < -0.3 is 16.2 Å². The normalized spacial score (nSPS) is 11.7. The number of carbonyl (C=O) groups excluding carboxylic acids is 2. The van der Waals surface area contributed by atoms with Crippen LogP contribution in [-0.2, 0) is 20.8 Å². The van der Waals surface area contributed by atoms with Crippen LogP contribution in [0.3, 0.4) is 0 Å². The van der Waals surface area contributed by atoms with E-state index in [1.165, 1.54) is 6.07 Å². The second-order valence-corrected chi connectivity index (χ2v) is 5.22. The van der Waals surface area contributed by atoms with Crippen molar-refractivity contribution in [3.05, 3.63) is 33.8 Å². The summed E-state index contributed by atoms with van der Waals surface area (Å²) in [5.41, 5.74) is 5.48. The Hall–Kier alpha value is -1.79. The smallest absolute Gasteiger partial charge is 0.326 e. The number of amides is 2. The van der Waals surface area contributed by atoms with E-state index in [1.54, 1.807) is 12.1 Å². The fourth-order valence-electron chi connectivity index (χ4n) is 1.63. The lowest BCUT2D eigenvalue weighted by molar-refractivity contribution is -0.142. The molecule has 114 valence electrons. The number of carboxylic acids is 1. The largest absolute Gasteiger partial charge is 0.480 e. The third-order valence-corrected chi connectivity index (χ3v) is 3.27. The summed E-state index contributed by atoms with van der Waals surface area (Å²) < 4.78 is 0. The van der Waals surface area contributed by atoms with Crippen LogP contribution in [0.25, 0.3) is 0 Å². The highest BCUT2D eigenvalue weighted by Gasteiger charge is 2.20. The highest BCUT2D eigenvalue weighted by Crippen LogP contribution is 2.21. The fraction of sp³-hybridized carbons (Fsp3) is 0.308. The molecule has 0 unspecified atom stereocenters. The van der Waals surface area contributed by atoms with Gasteiger partial charge in [0.05, 0.1) is 6.42 Å². The number of halogens is 2. The quantitative estimate of drug-likeness (QED) is 0.700. The minimum absolute atomic E-state index is 0.0647. The standard InChI is InChI=1S/C13H14Cl2N2O4/c14-8-2-1-7(9(15)6-8)5-12(19)17-10(13(20)21)3-4-11(16)18/h1-2,6,10H,3-5H2,(H2,16,18)(H,17,19)(H,20,21)/t10-/m0/s1. The number of nitrogens with one attached hydrogen (secondary N) is 1. The summed E-state index contributed by atoms with van der Waals surface area (Å²) in [6.07, 6.45) is -0.278. The van der Waals surface area contributed by atoms with E-state index in [0.717, 1.165) is 0 Å². The number of nitrogens with two attached hydrogens (primary N) is 1. The Balaban J connectivity index is 2.65. The van der Waals surface area contributed by atoms with E-state index >= 15 is 0 Å². The number of carbonyl (C=O) groups is 3. The summed E-state index contributed by atoms with van der Waals surface area (Å²) in [6.45, 7) is 0. The van der Waals surface area contributed by atoms with Gasteiger partial charge in [0.25, 0.3) is 0 Å². The third-order valence-electron chi connectivity index (χ3n) is 2.68. The molecule has 6 nitrogen and oxygen atoms in total. The Morgan fingerprint density at radius 2 is 1.95 bits per heavy atom. The summed E-state index contributed by atoms with van der Waals surface area (Å²) in [4.78, 5) is 33.5. The first-order valence-corrected chi connectivity index (χ1v) is 6.79. The summed E-state index contributed by atoms with van der Waals surface area (Å²) >= 11 is 11.7. The lowest BCUT2D eigenvalue weighted by Crippen LogP contribution is -2.42. The van der Waals surface area contributed by atoms with Gasteiger partial charge in [-0.1, -0.05) is 29.3 Å². The molecule has 1 rings (SSSR count). The molecule has 0 fully saturated rings. The molecule has 0 aliphatic carbocycles. The first-order valence-electron chi connectivity index (χ1n) is 6.04. The monoisotopic (exact) mass is 332 g/mol. The number of rotatable bonds is 7. The molecule has 21 heavy (non-hydrogen) atoms. The molecule has 4 N–H and O–H groups in total. The zero-order chi connectivity index (χ0) is 16.0. The van der Waals surface area contributed by atoms with E-state index in [-0.39, 0.29) is 19.3 Å². The predicted octanol–water partition coefficient (Wildman–Crippen LogP) is 1.37. The van der Waals surface area contributed by atoms with Gasteiger partial charge in [-0.3, -0.25) is 9.59 Å². The molecule has 0 radical (unpaired) electrons. The van der Waals surface area contributed by atoms with E-state index in [1.807, 2.05) is 0 Å². The lowest BCUT2D eigenvalue weighted by atomic mass is 10.1. The number of hydrogen-bond donors (Lipinski definition) is 3. The lowest BCUT2D eigenvalue weighted by Gasteiger charge is -2.14. The van der Waals surface area contributed by atoms with Crippen LogP contribution in [0.15, 0.2) is 18.2 Å². The van der Waals surface area contributed by atoms with Gasteiger partial charge in [-0.15, -0.1) is 0 Å². The average molecular weight is 333 g/mol. The van der Waals surface area contributed by atoms with E-state index in [0.29, 0.717) is 15.6 Å². The molecule has 0 saturated carbocycles. The van der Waals surface area contributed by atoms with Crippen LogP contribution in [0.1, 0.15) is 18.4 Å². The first kappa shape index (κ1) is 17.3. The van der Waals surface area contributed by atoms with Gasteiger partial charge in [-0.05, 0) is 24.1 Å². The maximum atomic E-state index is 11.8. The van der Waals surface area contributed by atoms with Crippen molar-refractivity contribution in [1.82, 2.24) is 5.32 Å². The molecule has 1 atom stereocenters. The Labute approximate surface area is 131 Å². The average Bonchev–Trinajstić information content (AvgIpc) is 2.37. The van der Waals surface area contributed by atoms with Crippen LogP contribution in [-0.4, -0.2) is 28.9 Å². The van der Waals surface area contributed by atoms with Crippen LogP contribution in [0, 0.1) is 0 Å². The number of hydrogen-bond acceptors (Lipinski definition) is 3. The van der Waals surface area contributed by atoms with Gasteiger partial charge in [0.15, 0.2) is 0 Å². The maximum absolute atomic E-state index is 11.8. The van der Waals surface area contributed by atoms with E-state index < -0.39 is 23.8 Å². The van der Waals surface area contributed by atoms with Crippen LogP contribution in [0.4, 0.5) is 0 Å². The van der Waals surface area contributed by atoms with Crippen molar-refractivity contribution in [2.75, 3.05) is 0 Å².